The Morgan fingerprint density at radius 1 is 1.45 bits per heavy atom. The lowest BCUT2D eigenvalue weighted by Crippen LogP contribution is -2.21. The zero-order valence-electron chi connectivity index (χ0n) is 11.3. The van der Waals surface area contributed by atoms with Crippen molar-refractivity contribution in [1.29, 1.82) is 0 Å². The van der Waals surface area contributed by atoms with Gasteiger partial charge < -0.3 is 10.4 Å². The molecule has 2 rings (SSSR count). The van der Waals surface area contributed by atoms with Gasteiger partial charge in [0.05, 0.1) is 0 Å². The van der Waals surface area contributed by atoms with Crippen LogP contribution >= 0.6 is 0 Å². The average Bonchev–Trinajstić information content (AvgIpc) is 2.43. The molecule has 0 aliphatic carbocycles. The molecule has 2 aromatic rings. The molecule has 1 aromatic heterocycles. The van der Waals surface area contributed by atoms with Crippen molar-refractivity contribution in [2.45, 2.75) is 12.2 Å². The lowest BCUT2D eigenvalue weighted by molar-refractivity contribution is 0.0691. The second kappa shape index (κ2) is 6.00. The minimum Gasteiger partial charge on any atom is -0.477 e. The molecule has 5 nitrogen and oxygen atoms in total. The zero-order valence-corrected chi connectivity index (χ0v) is 12.1. The maximum atomic E-state index is 11.4. The van der Waals surface area contributed by atoms with Crippen molar-refractivity contribution in [3.05, 3.63) is 36.0 Å². The molecule has 1 heterocycles. The average molecular weight is 292 g/mol. The van der Waals surface area contributed by atoms with E-state index in [0.717, 1.165) is 10.8 Å². The number of benzene rings is 1. The molecule has 0 fully saturated rings. The van der Waals surface area contributed by atoms with Gasteiger partial charge in [-0.2, -0.15) is 0 Å². The Kier molecular flexibility index (Phi) is 4.34. The van der Waals surface area contributed by atoms with Crippen LogP contribution in [0.5, 0.6) is 0 Å². The summed E-state index contributed by atoms with van der Waals surface area (Å²) in [5.74, 6) is -0.552. The van der Waals surface area contributed by atoms with Crippen LogP contribution in [0.25, 0.3) is 10.8 Å². The van der Waals surface area contributed by atoms with Crippen molar-refractivity contribution in [3.63, 3.8) is 0 Å². The van der Waals surface area contributed by atoms with E-state index in [0.29, 0.717) is 12.4 Å². The molecule has 0 saturated heterocycles. The van der Waals surface area contributed by atoms with Gasteiger partial charge in [0.2, 0.25) is 0 Å². The van der Waals surface area contributed by atoms with E-state index in [9.17, 15) is 9.00 Å². The molecule has 0 saturated carbocycles. The summed E-state index contributed by atoms with van der Waals surface area (Å²) >= 11 is 0. The van der Waals surface area contributed by atoms with E-state index in [4.69, 9.17) is 5.11 Å². The topological polar surface area (TPSA) is 79.3 Å². The van der Waals surface area contributed by atoms with E-state index < -0.39 is 16.8 Å². The molecule has 0 amide bonds. The number of aromatic nitrogens is 1. The quantitative estimate of drug-likeness (QED) is 0.882. The van der Waals surface area contributed by atoms with Crippen LogP contribution in [-0.2, 0) is 10.8 Å². The molecular formula is C14H16N2O3S. The Morgan fingerprint density at radius 2 is 2.15 bits per heavy atom. The maximum Gasteiger partial charge on any atom is 0.354 e. The number of hydrogen-bond acceptors (Lipinski definition) is 4. The van der Waals surface area contributed by atoms with Crippen LogP contribution < -0.4 is 5.32 Å². The largest absolute Gasteiger partial charge is 0.477 e. The SMILES string of the molecule is CC(CNc1nc(C(=O)O)cc2ccccc12)S(C)=O. The summed E-state index contributed by atoms with van der Waals surface area (Å²) in [4.78, 5) is 15.2. The standard InChI is InChI=1S/C14H16N2O3S/c1-9(20(2)19)8-15-13-11-6-4-3-5-10(11)7-12(16-13)14(17)18/h3-7,9H,8H2,1-2H3,(H,15,16)(H,17,18). The van der Waals surface area contributed by atoms with Gasteiger partial charge in [0, 0.05) is 34.2 Å². The van der Waals surface area contributed by atoms with Crippen LogP contribution in [0, 0.1) is 0 Å². The van der Waals surface area contributed by atoms with E-state index in [-0.39, 0.29) is 10.9 Å². The number of nitrogens with one attached hydrogen (secondary N) is 1. The lowest BCUT2D eigenvalue weighted by atomic mass is 10.1. The number of hydrogen-bond donors (Lipinski definition) is 2. The first kappa shape index (κ1) is 14.5. The first-order chi connectivity index (χ1) is 9.49. The molecule has 2 N–H and O–H groups in total. The van der Waals surface area contributed by atoms with Gasteiger partial charge in [0.25, 0.3) is 0 Å². The third kappa shape index (κ3) is 3.14. The Hall–Kier alpha value is -1.95. The van der Waals surface area contributed by atoms with E-state index in [1.165, 1.54) is 0 Å². The van der Waals surface area contributed by atoms with Gasteiger partial charge in [0.15, 0.2) is 5.69 Å². The van der Waals surface area contributed by atoms with Crippen LogP contribution in [0.2, 0.25) is 0 Å². The molecule has 2 atom stereocenters. The van der Waals surface area contributed by atoms with Crippen molar-refractivity contribution >= 4 is 33.4 Å². The van der Waals surface area contributed by atoms with E-state index in [1.807, 2.05) is 31.2 Å². The van der Waals surface area contributed by atoms with E-state index in [1.54, 1.807) is 12.3 Å². The molecule has 20 heavy (non-hydrogen) atoms. The Balaban J connectivity index is 2.39. The number of fused-ring (bicyclic) bond motifs is 1. The Bertz CT molecular complexity index is 673. The number of carboxylic acids is 1. The third-order valence-electron chi connectivity index (χ3n) is 3.08. The van der Waals surface area contributed by atoms with Crippen molar-refractivity contribution < 1.29 is 14.1 Å². The summed E-state index contributed by atoms with van der Waals surface area (Å²) in [6.45, 7) is 2.34. The fraction of sp³-hybridized carbons (Fsp3) is 0.286. The highest BCUT2D eigenvalue weighted by Crippen LogP contribution is 2.22. The number of nitrogens with zero attached hydrogens (tertiary/aromatic N) is 1. The zero-order chi connectivity index (χ0) is 14.7. The van der Waals surface area contributed by atoms with Gasteiger partial charge in [-0.3, -0.25) is 4.21 Å². The summed E-state index contributed by atoms with van der Waals surface area (Å²) in [6.07, 6.45) is 1.64. The first-order valence-corrected chi connectivity index (χ1v) is 7.80. The minimum absolute atomic E-state index is 0.00326. The van der Waals surface area contributed by atoms with Gasteiger partial charge in [-0.1, -0.05) is 24.3 Å². The second-order valence-electron chi connectivity index (χ2n) is 4.57. The number of carbonyl (C=O) groups is 1. The third-order valence-corrected chi connectivity index (χ3v) is 4.38. The molecule has 2 unspecified atom stereocenters. The number of rotatable bonds is 5. The molecular weight excluding hydrogens is 276 g/mol. The van der Waals surface area contributed by atoms with Gasteiger partial charge in [-0.25, -0.2) is 9.78 Å². The molecule has 0 bridgehead atoms. The van der Waals surface area contributed by atoms with Crippen LogP contribution in [0.1, 0.15) is 17.4 Å². The predicted molar refractivity (Wildman–Crippen MR) is 80.7 cm³/mol. The number of carboxylic acid groups (broad SMARTS) is 1. The van der Waals surface area contributed by atoms with Gasteiger partial charge in [-0.05, 0) is 18.4 Å². The maximum absolute atomic E-state index is 11.4. The van der Waals surface area contributed by atoms with Gasteiger partial charge >= 0.3 is 5.97 Å². The highest BCUT2D eigenvalue weighted by atomic mass is 32.2. The molecule has 6 heteroatoms. The molecule has 0 radical (unpaired) electrons. The molecule has 0 aliphatic rings. The molecule has 0 aliphatic heterocycles. The molecule has 0 spiro atoms. The van der Waals surface area contributed by atoms with Crippen molar-refractivity contribution in [2.24, 2.45) is 0 Å². The number of aromatic carboxylic acids is 1. The summed E-state index contributed by atoms with van der Waals surface area (Å²) in [5, 5.41) is 13.8. The van der Waals surface area contributed by atoms with Crippen LogP contribution in [0.3, 0.4) is 0 Å². The van der Waals surface area contributed by atoms with Crippen molar-refractivity contribution in [1.82, 2.24) is 4.98 Å². The first-order valence-electron chi connectivity index (χ1n) is 6.18. The number of pyridine rings is 1. The number of anilines is 1. The fourth-order valence-electron chi connectivity index (χ4n) is 1.80. The molecule has 106 valence electrons. The highest BCUT2D eigenvalue weighted by Gasteiger charge is 2.12. The predicted octanol–water partition coefficient (Wildman–Crippen LogP) is 2.11. The normalized spacial score (nSPS) is 13.9. The monoisotopic (exact) mass is 292 g/mol. The van der Waals surface area contributed by atoms with Crippen molar-refractivity contribution in [3.8, 4) is 0 Å². The lowest BCUT2D eigenvalue weighted by Gasteiger charge is -2.13. The summed E-state index contributed by atoms with van der Waals surface area (Å²) in [5.41, 5.74) is -0.00326. The van der Waals surface area contributed by atoms with E-state index in [2.05, 4.69) is 10.3 Å². The fourth-order valence-corrected chi connectivity index (χ4v) is 2.12. The smallest absolute Gasteiger partial charge is 0.354 e. The Morgan fingerprint density at radius 3 is 2.80 bits per heavy atom. The Labute approximate surface area is 119 Å². The van der Waals surface area contributed by atoms with E-state index >= 15 is 0 Å². The highest BCUT2D eigenvalue weighted by molar-refractivity contribution is 7.84. The van der Waals surface area contributed by atoms with Crippen LogP contribution in [0.15, 0.2) is 30.3 Å². The summed E-state index contributed by atoms with van der Waals surface area (Å²) in [6, 6.07) is 8.99. The summed E-state index contributed by atoms with van der Waals surface area (Å²) in [7, 11) is -0.938. The van der Waals surface area contributed by atoms with Crippen molar-refractivity contribution in [2.75, 3.05) is 18.1 Å². The minimum atomic E-state index is -1.06. The van der Waals surface area contributed by atoms with Crippen LogP contribution in [-0.4, -0.2) is 38.3 Å². The summed E-state index contributed by atoms with van der Waals surface area (Å²) < 4.78 is 11.4. The van der Waals surface area contributed by atoms with Gasteiger partial charge in [0.1, 0.15) is 5.82 Å². The second-order valence-corrected chi connectivity index (χ2v) is 6.37. The van der Waals surface area contributed by atoms with Crippen LogP contribution in [0.4, 0.5) is 5.82 Å². The van der Waals surface area contributed by atoms with Gasteiger partial charge in [-0.15, -0.1) is 0 Å². The molecule has 1 aromatic carbocycles.